The molecule has 0 saturated carbocycles. The smallest absolute Gasteiger partial charge is 0.268 e. The minimum absolute atomic E-state index is 0.0629. The van der Waals surface area contributed by atoms with Crippen molar-refractivity contribution in [1.29, 1.82) is 0 Å². The number of aryl methyl sites for hydroxylation is 2. The van der Waals surface area contributed by atoms with Crippen LogP contribution in [-0.2, 0) is 13.0 Å². The van der Waals surface area contributed by atoms with Crippen molar-refractivity contribution in [1.82, 2.24) is 0 Å². The number of nitrogens with zero attached hydrogens (tertiary/aromatic N) is 1. The molecule has 0 N–H and O–H groups in total. The number of hydrogen-bond donors (Lipinski definition) is 0. The van der Waals surface area contributed by atoms with Crippen LogP contribution in [0.3, 0.4) is 0 Å². The summed E-state index contributed by atoms with van der Waals surface area (Å²) in [6.45, 7) is 7.41. The number of carbonyl (C=O) groups excluding carboxylic acids is 1. The Labute approximate surface area is 164 Å². The number of amides is 1. The van der Waals surface area contributed by atoms with Crippen LogP contribution in [0.1, 0.15) is 40.2 Å². The molecule has 1 aliphatic heterocycles. The predicted molar refractivity (Wildman–Crippen MR) is 112 cm³/mol. The molecule has 0 saturated heterocycles. The van der Waals surface area contributed by atoms with E-state index in [9.17, 15) is 4.79 Å². The van der Waals surface area contributed by atoms with Gasteiger partial charge in [-0.15, -0.1) is 11.3 Å². The minimum atomic E-state index is 0.0629. The van der Waals surface area contributed by atoms with Gasteiger partial charge in [-0.1, -0.05) is 37.3 Å². The lowest BCUT2D eigenvalue weighted by atomic mass is 10.0. The van der Waals surface area contributed by atoms with E-state index in [1.54, 1.807) is 11.3 Å². The van der Waals surface area contributed by atoms with E-state index in [4.69, 9.17) is 4.74 Å². The Hall–Kier alpha value is -2.59. The van der Waals surface area contributed by atoms with Crippen LogP contribution in [-0.4, -0.2) is 12.5 Å². The largest absolute Gasteiger partial charge is 0.488 e. The van der Waals surface area contributed by atoms with Crippen molar-refractivity contribution < 1.29 is 9.53 Å². The van der Waals surface area contributed by atoms with Crippen LogP contribution in [0.2, 0.25) is 0 Å². The van der Waals surface area contributed by atoms with Crippen molar-refractivity contribution in [2.45, 2.75) is 33.8 Å². The van der Waals surface area contributed by atoms with Crippen molar-refractivity contribution in [3.05, 3.63) is 70.1 Å². The molecule has 3 aromatic rings. The molecule has 1 amide bonds. The molecule has 4 rings (SSSR count). The van der Waals surface area contributed by atoms with E-state index in [2.05, 4.69) is 26.0 Å². The molecule has 3 nitrogen and oxygen atoms in total. The molecule has 1 aliphatic rings. The summed E-state index contributed by atoms with van der Waals surface area (Å²) in [5, 5.41) is 0. The summed E-state index contributed by atoms with van der Waals surface area (Å²) in [7, 11) is 0. The van der Waals surface area contributed by atoms with Crippen LogP contribution < -0.4 is 9.64 Å². The normalized spacial score (nSPS) is 12.1. The first-order chi connectivity index (χ1) is 13.1. The number of rotatable bonds is 4. The van der Waals surface area contributed by atoms with Crippen LogP contribution in [0.25, 0.3) is 10.4 Å². The zero-order valence-electron chi connectivity index (χ0n) is 15.9. The highest BCUT2D eigenvalue weighted by Crippen LogP contribution is 2.44. The number of fused-ring (bicyclic) bond motifs is 3. The first-order valence-corrected chi connectivity index (χ1v) is 10.2. The van der Waals surface area contributed by atoms with Gasteiger partial charge in [0.1, 0.15) is 12.4 Å². The Morgan fingerprint density at radius 2 is 1.96 bits per heavy atom. The minimum Gasteiger partial charge on any atom is -0.488 e. The highest BCUT2D eigenvalue weighted by molar-refractivity contribution is 7.17. The van der Waals surface area contributed by atoms with Crippen LogP contribution in [0.5, 0.6) is 5.75 Å². The lowest BCUT2D eigenvalue weighted by molar-refractivity contribution is 0.0992. The molecule has 0 unspecified atom stereocenters. The average molecular weight is 378 g/mol. The Kier molecular flexibility index (Phi) is 4.75. The molecule has 0 radical (unpaired) electrons. The Balaban J connectivity index is 1.75. The maximum Gasteiger partial charge on any atom is 0.268 e. The molecule has 2 heterocycles. The molecule has 2 aromatic carbocycles. The monoisotopic (exact) mass is 377 g/mol. The van der Waals surface area contributed by atoms with Crippen LogP contribution in [0, 0.1) is 6.92 Å². The van der Waals surface area contributed by atoms with Gasteiger partial charge in [0.15, 0.2) is 0 Å². The summed E-state index contributed by atoms with van der Waals surface area (Å²) in [6, 6.07) is 16.3. The summed E-state index contributed by atoms with van der Waals surface area (Å²) >= 11 is 1.58. The second kappa shape index (κ2) is 7.20. The Morgan fingerprint density at radius 3 is 2.74 bits per heavy atom. The molecule has 138 valence electrons. The number of ether oxygens (including phenoxy) is 1. The SMILES string of the molecule is CCc1ccccc1N(CC)C(=O)c1cc2c(s1)-c1c(C)cccc1OC2. The number of carbonyl (C=O) groups is 1. The first kappa shape index (κ1) is 17.8. The lowest BCUT2D eigenvalue weighted by Gasteiger charge is -2.23. The third-order valence-corrected chi connectivity index (χ3v) is 6.27. The average Bonchev–Trinajstić information content (AvgIpc) is 3.13. The van der Waals surface area contributed by atoms with E-state index in [-0.39, 0.29) is 5.91 Å². The van der Waals surface area contributed by atoms with Gasteiger partial charge in [0.2, 0.25) is 0 Å². The topological polar surface area (TPSA) is 29.5 Å². The maximum atomic E-state index is 13.4. The van der Waals surface area contributed by atoms with E-state index in [1.165, 1.54) is 11.1 Å². The third kappa shape index (κ3) is 3.04. The number of thiophene rings is 1. The van der Waals surface area contributed by atoms with Gasteiger partial charge >= 0.3 is 0 Å². The molecule has 0 spiro atoms. The summed E-state index contributed by atoms with van der Waals surface area (Å²) in [5.41, 5.74) is 5.60. The molecule has 27 heavy (non-hydrogen) atoms. The van der Waals surface area contributed by atoms with Gasteiger partial charge in [-0.05, 0) is 49.6 Å². The number of para-hydroxylation sites is 1. The summed E-state index contributed by atoms with van der Waals surface area (Å²) < 4.78 is 5.91. The standard InChI is InChI=1S/C23H23NO2S/c1-4-16-10-6-7-11-18(16)24(5-2)23(25)20-13-17-14-26-19-12-8-9-15(3)21(19)22(17)27-20/h6-13H,4-5,14H2,1-3H3. The lowest BCUT2D eigenvalue weighted by Crippen LogP contribution is -2.30. The van der Waals surface area contributed by atoms with Gasteiger partial charge in [0.05, 0.1) is 4.88 Å². The van der Waals surface area contributed by atoms with Crippen molar-refractivity contribution in [3.8, 4) is 16.2 Å². The first-order valence-electron chi connectivity index (χ1n) is 9.39. The van der Waals surface area contributed by atoms with Crippen molar-refractivity contribution in [2.75, 3.05) is 11.4 Å². The van der Waals surface area contributed by atoms with Gasteiger partial charge in [0, 0.05) is 28.2 Å². The fraction of sp³-hybridized carbons (Fsp3) is 0.261. The fourth-order valence-electron chi connectivity index (χ4n) is 3.69. The third-order valence-electron chi connectivity index (χ3n) is 5.09. The van der Waals surface area contributed by atoms with Crippen molar-refractivity contribution in [3.63, 3.8) is 0 Å². The molecule has 0 atom stereocenters. The summed E-state index contributed by atoms with van der Waals surface area (Å²) in [5.74, 6) is 0.972. The van der Waals surface area contributed by atoms with Crippen LogP contribution >= 0.6 is 11.3 Å². The Morgan fingerprint density at radius 1 is 1.15 bits per heavy atom. The predicted octanol–water partition coefficient (Wildman–Crippen LogP) is 5.85. The molecular formula is C23H23NO2S. The van der Waals surface area contributed by atoms with Gasteiger partial charge in [-0.25, -0.2) is 0 Å². The van der Waals surface area contributed by atoms with Crippen LogP contribution in [0.4, 0.5) is 5.69 Å². The number of benzene rings is 2. The maximum absolute atomic E-state index is 13.4. The molecule has 1 aromatic heterocycles. The second-order valence-electron chi connectivity index (χ2n) is 6.73. The Bertz CT molecular complexity index is 1010. The fourth-order valence-corrected chi connectivity index (χ4v) is 4.92. The molecule has 0 aliphatic carbocycles. The second-order valence-corrected chi connectivity index (χ2v) is 7.79. The molecule has 4 heteroatoms. The summed E-state index contributed by atoms with van der Waals surface area (Å²) in [6.07, 6.45) is 0.904. The van der Waals surface area contributed by atoms with E-state index in [1.807, 2.05) is 48.2 Å². The zero-order valence-corrected chi connectivity index (χ0v) is 16.7. The molecular weight excluding hydrogens is 354 g/mol. The van der Waals surface area contributed by atoms with Gasteiger partial charge in [0.25, 0.3) is 5.91 Å². The number of hydrogen-bond acceptors (Lipinski definition) is 3. The van der Waals surface area contributed by atoms with E-state index < -0.39 is 0 Å². The molecule has 0 fully saturated rings. The molecule has 0 bridgehead atoms. The quantitative estimate of drug-likeness (QED) is 0.571. The van der Waals surface area contributed by atoms with E-state index >= 15 is 0 Å². The van der Waals surface area contributed by atoms with Crippen molar-refractivity contribution >= 4 is 22.9 Å². The van der Waals surface area contributed by atoms with Gasteiger partial charge < -0.3 is 9.64 Å². The zero-order chi connectivity index (χ0) is 19.0. The highest BCUT2D eigenvalue weighted by Gasteiger charge is 2.26. The van der Waals surface area contributed by atoms with E-state index in [0.29, 0.717) is 13.2 Å². The van der Waals surface area contributed by atoms with E-state index in [0.717, 1.165) is 38.7 Å². The van der Waals surface area contributed by atoms with Crippen LogP contribution in [0.15, 0.2) is 48.5 Å². The van der Waals surface area contributed by atoms with Gasteiger partial charge in [-0.2, -0.15) is 0 Å². The van der Waals surface area contributed by atoms with Crippen molar-refractivity contribution in [2.24, 2.45) is 0 Å². The highest BCUT2D eigenvalue weighted by atomic mass is 32.1. The van der Waals surface area contributed by atoms with Gasteiger partial charge in [-0.3, -0.25) is 4.79 Å². The number of anilines is 1. The summed E-state index contributed by atoms with van der Waals surface area (Å²) in [4.78, 5) is 17.2.